The summed E-state index contributed by atoms with van der Waals surface area (Å²) in [4.78, 5) is 0. The molecule has 0 atom stereocenters. The monoisotopic (exact) mass is 204 g/mol. The first-order valence-electron chi connectivity index (χ1n) is 5.86. The summed E-state index contributed by atoms with van der Waals surface area (Å²) in [5.74, 6) is 0. The number of hydrogen-bond donors (Lipinski definition) is 0. The summed E-state index contributed by atoms with van der Waals surface area (Å²) in [6.45, 7) is 0. The minimum absolute atomic E-state index is 1.09. The Morgan fingerprint density at radius 3 is 2.62 bits per heavy atom. The summed E-state index contributed by atoms with van der Waals surface area (Å²) in [6.07, 6.45) is 11.5. The van der Waals surface area contributed by atoms with E-state index in [9.17, 15) is 0 Å². The second-order valence-corrected chi connectivity index (χ2v) is 4.52. The molecule has 2 aromatic rings. The first-order valence-corrected chi connectivity index (χ1v) is 5.86. The van der Waals surface area contributed by atoms with Gasteiger partial charge in [0.15, 0.2) is 0 Å². The topological polar surface area (TPSA) is 0 Å². The zero-order chi connectivity index (χ0) is 10.5. The van der Waals surface area contributed by atoms with Crippen molar-refractivity contribution < 1.29 is 0 Å². The van der Waals surface area contributed by atoms with Gasteiger partial charge in [-0.05, 0) is 45.2 Å². The van der Waals surface area contributed by atoms with E-state index in [1.807, 2.05) is 0 Å². The number of allylic oxidation sites excluding steroid dienone is 1. The molecule has 0 saturated carbocycles. The van der Waals surface area contributed by atoms with Crippen molar-refractivity contribution in [3.05, 3.63) is 51.9 Å². The van der Waals surface area contributed by atoms with Crippen molar-refractivity contribution in [2.45, 2.75) is 12.8 Å². The third-order valence-corrected chi connectivity index (χ3v) is 3.70. The van der Waals surface area contributed by atoms with Crippen molar-refractivity contribution in [3.63, 3.8) is 0 Å². The average molecular weight is 204 g/mol. The van der Waals surface area contributed by atoms with Gasteiger partial charge >= 0.3 is 0 Å². The fraction of sp³-hybridized carbons (Fsp3) is 0.125. The molecule has 0 heteroatoms. The molecule has 0 fully saturated rings. The van der Waals surface area contributed by atoms with Crippen molar-refractivity contribution in [2.24, 2.45) is 0 Å². The minimum atomic E-state index is 1.09. The average Bonchev–Trinajstić information content (AvgIpc) is 2.98. The van der Waals surface area contributed by atoms with Gasteiger partial charge in [-0.2, -0.15) is 0 Å². The number of rotatable bonds is 0. The van der Waals surface area contributed by atoms with Crippen LogP contribution in [0.2, 0.25) is 0 Å². The lowest BCUT2D eigenvalue weighted by Crippen LogP contribution is -2.27. The van der Waals surface area contributed by atoms with E-state index in [1.165, 1.54) is 32.3 Å². The molecule has 0 spiro atoms. The largest absolute Gasteiger partial charge is 0.0795 e. The van der Waals surface area contributed by atoms with Crippen molar-refractivity contribution in [1.29, 1.82) is 0 Å². The van der Waals surface area contributed by atoms with E-state index < -0.39 is 0 Å². The molecule has 0 aromatic heterocycles. The van der Waals surface area contributed by atoms with Crippen LogP contribution in [0.4, 0.5) is 0 Å². The molecule has 0 bridgehead atoms. The quantitative estimate of drug-likeness (QED) is 0.618. The van der Waals surface area contributed by atoms with Crippen LogP contribution >= 0.6 is 0 Å². The summed E-state index contributed by atoms with van der Waals surface area (Å²) in [5.41, 5.74) is 2.98. The molecule has 0 amide bonds. The lowest BCUT2D eigenvalue weighted by atomic mass is 9.97. The third kappa shape index (κ3) is 0.898. The third-order valence-electron chi connectivity index (χ3n) is 3.70. The highest BCUT2D eigenvalue weighted by atomic mass is 14.2. The molecule has 2 aromatic carbocycles. The second-order valence-electron chi connectivity index (χ2n) is 4.52. The van der Waals surface area contributed by atoms with Crippen LogP contribution in [0.3, 0.4) is 0 Å². The van der Waals surface area contributed by atoms with Crippen LogP contribution in [0.5, 0.6) is 0 Å². The van der Waals surface area contributed by atoms with Gasteiger partial charge in [-0.3, -0.25) is 0 Å². The summed E-state index contributed by atoms with van der Waals surface area (Å²) in [5, 5.41) is 5.77. The van der Waals surface area contributed by atoms with Crippen LogP contribution in [-0.4, -0.2) is 0 Å². The van der Waals surface area contributed by atoms with Gasteiger partial charge in [0, 0.05) is 0 Å². The van der Waals surface area contributed by atoms with E-state index in [4.69, 9.17) is 0 Å². The second kappa shape index (κ2) is 2.85. The molecule has 0 aliphatic heterocycles. The lowest BCUT2D eigenvalue weighted by molar-refractivity contribution is 1.28. The maximum absolute atomic E-state index is 2.37. The van der Waals surface area contributed by atoms with Crippen molar-refractivity contribution in [1.82, 2.24) is 0 Å². The van der Waals surface area contributed by atoms with E-state index in [0.29, 0.717) is 0 Å². The van der Waals surface area contributed by atoms with Crippen LogP contribution in [-0.2, 0) is 6.42 Å². The van der Waals surface area contributed by atoms with Crippen molar-refractivity contribution in [3.8, 4) is 0 Å². The molecular formula is C16H12. The molecule has 2 aliphatic carbocycles. The Hall–Kier alpha value is -1.82. The van der Waals surface area contributed by atoms with E-state index >= 15 is 0 Å². The van der Waals surface area contributed by atoms with E-state index in [1.54, 1.807) is 0 Å². The molecule has 76 valence electrons. The number of fused-ring (bicyclic) bond motifs is 6. The van der Waals surface area contributed by atoms with Crippen LogP contribution in [0.15, 0.2) is 30.3 Å². The molecule has 0 heterocycles. The van der Waals surface area contributed by atoms with Crippen LogP contribution in [0, 0.1) is 0 Å². The normalized spacial score (nSPS) is 15.8. The Morgan fingerprint density at radius 2 is 1.69 bits per heavy atom. The summed E-state index contributed by atoms with van der Waals surface area (Å²) < 4.78 is 0. The molecule has 0 saturated heterocycles. The predicted octanol–water partition coefficient (Wildman–Crippen LogP) is 2.37. The van der Waals surface area contributed by atoms with Crippen LogP contribution in [0.1, 0.15) is 17.5 Å². The standard InChI is InChI=1S/C16H12/c1-2-6-12-11(5-1)13-7-3-9-15(13)16-10-4-8-14(12)16/h1-3,5-8,10H,4,9H2. The zero-order valence-corrected chi connectivity index (χ0v) is 9.03. The van der Waals surface area contributed by atoms with Gasteiger partial charge in [-0.1, -0.05) is 48.6 Å². The molecule has 0 unspecified atom stereocenters. The minimum Gasteiger partial charge on any atom is -0.0795 e. The fourth-order valence-corrected chi connectivity index (χ4v) is 3.02. The SMILES string of the molecule is C1=Cc2c(c3c(c4ccccc24)=CCC=3)C1. The molecule has 16 heavy (non-hydrogen) atoms. The predicted molar refractivity (Wildman–Crippen MR) is 69.5 cm³/mol. The highest BCUT2D eigenvalue weighted by molar-refractivity contribution is 5.94. The Morgan fingerprint density at radius 1 is 0.875 bits per heavy atom. The summed E-state index contributed by atoms with van der Waals surface area (Å²) in [7, 11) is 0. The molecule has 0 radical (unpaired) electrons. The molecule has 0 N–H and O–H groups in total. The van der Waals surface area contributed by atoms with E-state index in [0.717, 1.165) is 12.8 Å². The Bertz CT molecular complexity index is 746. The summed E-state index contributed by atoms with van der Waals surface area (Å²) in [6, 6.07) is 8.77. The van der Waals surface area contributed by atoms with Crippen LogP contribution in [0.25, 0.3) is 29.0 Å². The maximum atomic E-state index is 2.37. The number of benzene rings is 2. The van der Waals surface area contributed by atoms with E-state index in [-0.39, 0.29) is 0 Å². The first-order chi connectivity index (χ1) is 7.95. The van der Waals surface area contributed by atoms with Crippen molar-refractivity contribution >= 4 is 29.0 Å². The van der Waals surface area contributed by atoms with Gasteiger partial charge in [-0.25, -0.2) is 0 Å². The fourth-order valence-electron chi connectivity index (χ4n) is 3.02. The maximum Gasteiger partial charge on any atom is -0.00819 e. The Kier molecular flexibility index (Phi) is 1.49. The van der Waals surface area contributed by atoms with Gasteiger partial charge in [0.1, 0.15) is 0 Å². The molecule has 0 nitrogen and oxygen atoms in total. The smallest absolute Gasteiger partial charge is 0.00819 e. The molecule has 4 rings (SSSR count). The van der Waals surface area contributed by atoms with Gasteiger partial charge in [0.05, 0.1) is 0 Å². The summed E-state index contributed by atoms with van der Waals surface area (Å²) >= 11 is 0. The highest BCUT2D eigenvalue weighted by Crippen LogP contribution is 2.24. The highest BCUT2D eigenvalue weighted by Gasteiger charge is 2.13. The van der Waals surface area contributed by atoms with Gasteiger partial charge < -0.3 is 0 Å². The molecule has 2 aliphatic rings. The molecular weight excluding hydrogens is 192 g/mol. The Balaban J connectivity index is 2.40. The van der Waals surface area contributed by atoms with E-state index in [2.05, 4.69) is 48.6 Å². The van der Waals surface area contributed by atoms with Crippen molar-refractivity contribution in [2.75, 3.05) is 0 Å². The van der Waals surface area contributed by atoms with Gasteiger partial charge in [0.2, 0.25) is 0 Å². The lowest BCUT2D eigenvalue weighted by Gasteiger charge is -2.06. The van der Waals surface area contributed by atoms with Gasteiger partial charge in [0.25, 0.3) is 0 Å². The first kappa shape index (κ1) is 8.35. The Labute approximate surface area is 94.2 Å². The zero-order valence-electron chi connectivity index (χ0n) is 9.03. The van der Waals surface area contributed by atoms with Gasteiger partial charge in [-0.15, -0.1) is 0 Å². The number of hydrogen-bond acceptors (Lipinski definition) is 0. The van der Waals surface area contributed by atoms with Crippen LogP contribution < -0.4 is 10.4 Å².